The Bertz CT molecular complexity index is 1010. The number of carbonyl (C=O) groups is 1. The van der Waals surface area contributed by atoms with Gasteiger partial charge in [0, 0.05) is 24.8 Å². The van der Waals surface area contributed by atoms with E-state index >= 15 is 0 Å². The van der Waals surface area contributed by atoms with Crippen molar-refractivity contribution in [2.45, 2.75) is 51.0 Å². The van der Waals surface area contributed by atoms with Gasteiger partial charge in [-0.3, -0.25) is 0 Å². The summed E-state index contributed by atoms with van der Waals surface area (Å²) in [6.45, 7) is 7.10. The third kappa shape index (κ3) is 3.46. The number of aryl methyl sites for hydroxylation is 1. The van der Waals surface area contributed by atoms with Crippen LogP contribution < -0.4 is 10.1 Å². The Morgan fingerprint density at radius 2 is 2.06 bits per heavy atom. The van der Waals surface area contributed by atoms with E-state index < -0.39 is 17.3 Å². The predicted octanol–water partition coefficient (Wildman–Crippen LogP) is 3.30. The van der Waals surface area contributed by atoms with E-state index in [0.717, 1.165) is 23.2 Å². The number of methoxy groups -OCH3 is 3. The van der Waals surface area contributed by atoms with Crippen molar-refractivity contribution in [3.05, 3.63) is 47.4 Å². The highest BCUT2D eigenvalue weighted by Gasteiger charge is 2.66. The topological polar surface area (TPSA) is 89.5 Å². The molecule has 3 aliphatic heterocycles. The third-order valence-corrected chi connectivity index (χ3v) is 7.57. The lowest BCUT2D eigenvalue weighted by molar-refractivity contribution is -0.187. The van der Waals surface area contributed by atoms with Gasteiger partial charge in [-0.15, -0.1) is 0 Å². The molecular formula is C26H36N2O6. The van der Waals surface area contributed by atoms with Gasteiger partial charge in [-0.2, -0.15) is 0 Å². The Morgan fingerprint density at radius 3 is 2.68 bits per heavy atom. The normalized spacial score (nSPS) is 31.8. The van der Waals surface area contributed by atoms with Crippen molar-refractivity contribution in [2.24, 2.45) is 11.8 Å². The second kappa shape index (κ2) is 9.15. The van der Waals surface area contributed by atoms with Crippen molar-refractivity contribution < 1.29 is 28.8 Å². The van der Waals surface area contributed by atoms with Crippen LogP contribution in [-0.2, 0) is 24.6 Å². The second-order valence-electron chi connectivity index (χ2n) is 9.29. The lowest BCUT2D eigenvalue weighted by atomic mass is 9.69. The summed E-state index contributed by atoms with van der Waals surface area (Å²) in [5, 5.41) is 15.9. The van der Waals surface area contributed by atoms with Gasteiger partial charge in [0.15, 0.2) is 11.3 Å². The van der Waals surface area contributed by atoms with Crippen LogP contribution in [0.3, 0.4) is 0 Å². The fraction of sp³-hybridized carbons (Fsp3) is 0.577. The molecule has 8 heteroatoms. The fourth-order valence-electron chi connectivity index (χ4n) is 6.08. The molecule has 0 radical (unpaired) electrons. The number of hydrogen-bond acceptors (Lipinski definition) is 8. The summed E-state index contributed by atoms with van der Waals surface area (Å²) in [7, 11) is 4.54. The van der Waals surface area contributed by atoms with Crippen LogP contribution in [0.2, 0.25) is 0 Å². The maximum Gasteiger partial charge on any atom is 0.337 e. The number of benzene rings is 1. The first-order valence-corrected chi connectivity index (χ1v) is 11.9. The van der Waals surface area contributed by atoms with E-state index in [1.165, 1.54) is 20.5 Å². The minimum absolute atomic E-state index is 0.150. The van der Waals surface area contributed by atoms with Crippen molar-refractivity contribution in [3.8, 4) is 5.75 Å². The molecule has 2 N–H and O–H groups in total. The molecule has 0 amide bonds. The molecule has 4 rings (SSSR count). The summed E-state index contributed by atoms with van der Waals surface area (Å²) in [5.74, 6) is 0.291. The average Bonchev–Trinajstić information content (AvgIpc) is 3.09. The summed E-state index contributed by atoms with van der Waals surface area (Å²) in [6.07, 6.45) is 6.84. The molecule has 0 aromatic heterocycles. The van der Waals surface area contributed by atoms with Gasteiger partial charge in [-0.1, -0.05) is 13.3 Å². The zero-order chi connectivity index (χ0) is 24.7. The summed E-state index contributed by atoms with van der Waals surface area (Å²) < 4.78 is 22.5. The largest absolute Gasteiger partial charge is 0.504 e. The van der Waals surface area contributed by atoms with Gasteiger partial charge in [0.25, 0.3) is 0 Å². The molecular weight excluding hydrogens is 436 g/mol. The molecule has 8 nitrogen and oxygen atoms in total. The smallest absolute Gasteiger partial charge is 0.337 e. The van der Waals surface area contributed by atoms with E-state index in [2.05, 4.69) is 17.1 Å². The SMILES string of the molecule is CCO[C@]12C=CN3C[C@@H](CC)[C@@H](/C(=C\OC)C(=O)OC)C[C@H]3[C@@]1(O)Nc1cc(C)cc(OC)c12. The standard InChI is InChI=1S/C26H36N2O6/c1-7-17-14-28-10-9-25(34-8-2)23-20(11-16(3)12-21(23)32-5)27-26(25,30)22(28)13-18(17)19(15-31-4)24(29)33-6/h9-12,15,17-18,22,27,30H,7-8,13-14H2,1-6H3/b19-15+/t17-,18+,22+,25+,26+/m1/s1. The van der Waals surface area contributed by atoms with Crippen LogP contribution in [-0.4, -0.2) is 62.2 Å². The predicted molar refractivity (Wildman–Crippen MR) is 128 cm³/mol. The minimum Gasteiger partial charge on any atom is -0.504 e. The number of anilines is 1. The number of carbonyl (C=O) groups excluding carboxylic acids is 1. The Hall–Kier alpha value is -2.71. The fourth-order valence-corrected chi connectivity index (χ4v) is 6.08. The van der Waals surface area contributed by atoms with Crippen LogP contribution >= 0.6 is 0 Å². The highest BCUT2D eigenvalue weighted by atomic mass is 16.5. The number of esters is 1. The Morgan fingerprint density at radius 1 is 1.29 bits per heavy atom. The van der Waals surface area contributed by atoms with Crippen molar-refractivity contribution in [3.63, 3.8) is 0 Å². The zero-order valence-corrected chi connectivity index (χ0v) is 20.9. The van der Waals surface area contributed by atoms with Crippen LogP contribution in [0.1, 0.15) is 37.8 Å². The number of aliphatic hydroxyl groups is 1. The lowest BCUT2D eigenvalue weighted by Gasteiger charge is -2.56. The first-order valence-electron chi connectivity index (χ1n) is 11.9. The quantitative estimate of drug-likeness (QED) is 0.355. The highest BCUT2D eigenvalue weighted by Crippen LogP contribution is 2.58. The molecule has 0 bridgehead atoms. The van der Waals surface area contributed by atoms with Gasteiger partial charge in [0.1, 0.15) is 5.75 Å². The van der Waals surface area contributed by atoms with Gasteiger partial charge in [-0.25, -0.2) is 4.79 Å². The van der Waals surface area contributed by atoms with Gasteiger partial charge in [-0.05, 0) is 56.2 Å². The molecule has 1 aromatic rings. The average molecular weight is 473 g/mol. The van der Waals surface area contributed by atoms with Crippen molar-refractivity contribution in [1.82, 2.24) is 4.90 Å². The van der Waals surface area contributed by atoms with E-state index in [4.69, 9.17) is 18.9 Å². The van der Waals surface area contributed by atoms with Gasteiger partial charge >= 0.3 is 5.97 Å². The van der Waals surface area contributed by atoms with E-state index in [1.54, 1.807) is 7.11 Å². The summed E-state index contributed by atoms with van der Waals surface area (Å²) in [6, 6.07) is 3.59. The first kappa shape index (κ1) is 24.4. The van der Waals surface area contributed by atoms with Gasteiger partial charge in [0.2, 0.25) is 0 Å². The minimum atomic E-state index is -1.48. The molecule has 0 spiro atoms. The number of fused-ring (bicyclic) bond motifs is 5. The van der Waals surface area contributed by atoms with Crippen LogP contribution in [0.25, 0.3) is 0 Å². The Labute approximate surface area is 201 Å². The molecule has 0 aliphatic carbocycles. The summed E-state index contributed by atoms with van der Waals surface area (Å²) in [4.78, 5) is 14.8. The van der Waals surface area contributed by atoms with Crippen LogP contribution in [0.15, 0.2) is 36.2 Å². The molecule has 3 aliphatic rings. The molecule has 1 saturated heterocycles. The Balaban J connectivity index is 1.84. The summed E-state index contributed by atoms with van der Waals surface area (Å²) in [5.41, 5.74) is 0.454. The van der Waals surface area contributed by atoms with Crippen molar-refractivity contribution in [1.29, 1.82) is 0 Å². The van der Waals surface area contributed by atoms with Crippen LogP contribution in [0.5, 0.6) is 5.75 Å². The van der Waals surface area contributed by atoms with E-state index in [-0.39, 0.29) is 17.9 Å². The molecule has 1 aromatic carbocycles. The Kier molecular flexibility index (Phi) is 6.57. The van der Waals surface area contributed by atoms with Gasteiger partial charge < -0.3 is 34.3 Å². The molecule has 34 heavy (non-hydrogen) atoms. The number of nitrogens with one attached hydrogen (secondary N) is 1. The van der Waals surface area contributed by atoms with Gasteiger partial charge in [0.05, 0.1) is 44.8 Å². The molecule has 186 valence electrons. The molecule has 0 unspecified atom stereocenters. The monoisotopic (exact) mass is 472 g/mol. The van der Waals surface area contributed by atoms with Crippen LogP contribution in [0, 0.1) is 18.8 Å². The second-order valence-corrected chi connectivity index (χ2v) is 9.29. The van der Waals surface area contributed by atoms with Crippen molar-refractivity contribution >= 4 is 11.7 Å². The number of ether oxygens (including phenoxy) is 4. The van der Waals surface area contributed by atoms with E-state index in [0.29, 0.717) is 30.9 Å². The number of rotatable bonds is 7. The van der Waals surface area contributed by atoms with Crippen LogP contribution in [0.4, 0.5) is 5.69 Å². The molecule has 3 heterocycles. The number of hydrogen-bond donors (Lipinski definition) is 2. The van der Waals surface area contributed by atoms with E-state index in [9.17, 15) is 9.90 Å². The summed E-state index contributed by atoms with van der Waals surface area (Å²) >= 11 is 0. The third-order valence-electron chi connectivity index (χ3n) is 7.57. The molecule has 0 saturated carbocycles. The maximum atomic E-state index is 12.7. The highest BCUT2D eigenvalue weighted by molar-refractivity contribution is 5.88. The molecule has 5 atom stereocenters. The lowest BCUT2D eigenvalue weighted by Crippen LogP contribution is -2.69. The molecule has 1 fully saturated rings. The number of piperidine rings is 1. The zero-order valence-electron chi connectivity index (χ0n) is 20.9. The van der Waals surface area contributed by atoms with Crippen molar-refractivity contribution in [2.75, 3.05) is 39.8 Å². The maximum absolute atomic E-state index is 12.7. The first-order chi connectivity index (χ1) is 16.3. The van der Waals surface area contributed by atoms with E-state index in [1.807, 2.05) is 38.3 Å². The number of nitrogens with zero attached hydrogens (tertiary/aromatic N) is 1.